The summed E-state index contributed by atoms with van der Waals surface area (Å²) in [6.45, 7) is -2.18. The van der Waals surface area contributed by atoms with E-state index in [1.165, 1.54) is 18.3 Å². The summed E-state index contributed by atoms with van der Waals surface area (Å²) in [5.74, 6) is -1.39. The van der Waals surface area contributed by atoms with Crippen LogP contribution in [0.4, 0.5) is 5.82 Å². The molecule has 0 aliphatic carbocycles. The number of imidazole rings is 1. The van der Waals surface area contributed by atoms with Crippen molar-refractivity contribution in [1.82, 2.24) is 19.5 Å². The van der Waals surface area contributed by atoms with Gasteiger partial charge in [-0.25, -0.2) is 33.2 Å². The van der Waals surface area contributed by atoms with E-state index in [0.717, 1.165) is 21.7 Å². The quantitative estimate of drug-likeness (QED) is 0.0516. The molecule has 5 heterocycles. The molecule has 3 aromatic rings. The smallest absolute Gasteiger partial charge is 0.478 e. The average molecular weight is 823 g/mol. The highest BCUT2D eigenvalue weighted by molar-refractivity contribution is 9.10. The fourth-order valence-electron chi connectivity index (χ4n) is 4.86. The standard InChI is InChI=1S/C21H26BrN6O18P3/c22-21-26-11-16(23)24-7-25-17(11)28(21)19-15(45-47(34,35)36)13(30)10(44-19)6-42-49(39,40)46-48(37,38)41-5-9-12(29)14(31)18(43-9)27-3-1-2-8(4-27)20(32)33/h1-4,7,9-10,12-15,18-19,29-31H,5-6H2,(H6-,23,24,25,32,33,34,35,36,37,38,39,40)/t9-,10-,12-,13-,14-,15-,18-,19-/m1/s1. The number of carboxylic acid groups (broad SMARTS) is 1. The first-order chi connectivity index (χ1) is 22.8. The third kappa shape index (κ3) is 8.57. The minimum atomic E-state index is -5.75. The predicted octanol–water partition coefficient (Wildman–Crippen LogP) is -2.17. The molecule has 2 unspecified atom stereocenters. The Morgan fingerprint density at radius 3 is 2.41 bits per heavy atom. The lowest BCUT2D eigenvalue weighted by Crippen LogP contribution is -2.46. The Morgan fingerprint density at radius 1 is 1.06 bits per heavy atom. The molecule has 28 heteroatoms. The maximum absolute atomic E-state index is 12.6. The van der Waals surface area contributed by atoms with E-state index in [2.05, 4.69) is 44.2 Å². The highest BCUT2D eigenvalue weighted by atomic mass is 79.9. The molecule has 24 nitrogen and oxygen atoms in total. The molecule has 5 rings (SSSR count). The molecular weight excluding hydrogens is 797 g/mol. The van der Waals surface area contributed by atoms with Crippen LogP contribution in [-0.2, 0) is 41.1 Å². The SMILES string of the molecule is Nc1ncnc2c1nc(Br)n2[C@@H]1O[C@H](COP(=O)(O)OP(=O)([O-])OC[C@H]2O[C@@H]([n+]3cccc(C(=O)O)c3)[C@H](O)[C@@H]2O)[C@@H](O)[C@H]1OP(=O)(O)O. The van der Waals surface area contributed by atoms with Crippen molar-refractivity contribution in [3.8, 4) is 0 Å². The van der Waals surface area contributed by atoms with E-state index in [0.29, 0.717) is 0 Å². The number of anilines is 1. The molecular formula is C21H26BrN6O18P3. The van der Waals surface area contributed by atoms with Gasteiger partial charge in [-0.1, -0.05) is 0 Å². The number of phosphoric ester groups is 3. The number of nitrogen functional groups attached to an aromatic ring is 1. The van der Waals surface area contributed by atoms with Crippen molar-refractivity contribution in [3.05, 3.63) is 41.2 Å². The number of nitrogens with zero attached hydrogens (tertiary/aromatic N) is 5. The number of ether oxygens (including phenoxy) is 2. The molecule has 10 atom stereocenters. The van der Waals surface area contributed by atoms with Crippen LogP contribution in [0.2, 0.25) is 0 Å². The molecule has 0 aromatic carbocycles. The number of aliphatic hydroxyl groups is 3. The van der Waals surface area contributed by atoms with E-state index in [1.54, 1.807) is 0 Å². The zero-order valence-electron chi connectivity index (χ0n) is 24.1. The van der Waals surface area contributed by atoms with Gasteiger partial charge < -0.3 is 59.7 Å². The minimum Gasteiger partial charge on any atom is -0.756 e. The molecule has 0 bridgehead atoms. The summed E-state index contributed by atoms with van der Waals surface area (Å²) < 4.78 is 67.9. The Balaban J connectivity index is 1.23. The summed E-state index contributed by atoms with van der Waals surface area (Å²) in [4.78, 5) is 64.5. The normalized spacial score (nSPS) is 30.0. The van der Waals surface area contributed by atoms with Crippen LogP contribution in [0.25, 0.3) is 11.2 Å². The zero-order valence-corrected chi connectivity index (χ0v) is 28.3. The molecule has 2 fully saturated rings. The van der Waals surface area contributed by atoms with Gasteiger partial charge in [0, 0.05) is 6.07 Å². The van der Waals surface area contributed by atoms with Crippen molar-refractivity contribution in [3.63, 3.8) is 0 Å². The first-order valence-corrected chi connectivity index (χ1v) is 18.7. The van der Waals surface area contributed by atoms with Gasteiger partial charge in [-0.15, -0.1) is 0 Å². The lowest BCUT2D eigenvalue weighted by Gasteiger charge is -2.26. The summed E-state index contributed by atoms with van der Waals surface area (Å²) in [5, 5.41) is 40.7. The van der Waals surface area contributed by atoms with Crippen molar-refractivity contribution in [1.29, 1.82) is 0 Å². The number of pyridine rings is 1. The summed E-state index contributed by atoms with van der Waals surface area (Å²) in [5.41, 5.74) is 5.58. The van der Waals surface area contributed by atoms with E-state index < -0.39 is 91.7 Å². The largest absolute Gasteiger partial charge is 0.756 e. The minimum absolute atomic E-state index is 0.0215. The van der Waals surface area contributed by atoms with Crippen LogP contribution >= 0.6 is 39.4 Å². The van der Waals surface area contributed by atoms with E-state index >= 15 is 0 Å². The van der Waals surface area contributed by atoms with Gasteiger partial charge in [-0.3, -0.25) is 18.2 Å². The van der Waals surface area contributed by atoms with E-state index in [4.69, 9.17) is 19.7 Å². The predicted molar refractivity (Wildman–Crippen MR) is 154 cm³/mol. The number of aromatic carboxylic acids is 1. The lowest BCUT2D eigenvalue weighted by molar-refractivity contribution is -0.765. The highest BCUT2D eigenvalue weighted by Crippen LogP contribution is 2.59. The van der Waals surface area contributed by atoms with Crippen molar-refractivity contribution >= 4 is 62.3 Å². The first-order valence-electron chi connectivity index (χ1n) is 13.4. The van der Waals surface area contributed by atoms with E-state index in [-0.39, 0.29) is 27.3 Å². The topological polar surface area (TPSA) is 362 Å². The van der Waals surface area contributed by atoms with Gasteiger partial charge in [0.25, 0.3) is 14.1 Å². The third-order valence-electron chi connectivity index (χ3n) is 6.99. The second-order valence-corrected chi connectivity index (χ2v) is 15.2. The lowest BCUT2D eigenvalue weighted by atomic mass is 10.1. The number of hydrogen-bond acceptors (Lipinski definition) is 18. The summed E-state index contributed by atoms with van der Waals surface area (Å²) in [6.07, 6.45) is -10.2. The fraction of sp³-hybridized carbons (Fsp3) is 0.476. The molecule has 0 amide bonds. The Labute approximate surface area is 281 Å². The molecule has 0 saturated carbocycles. The van der Waals surface area contributed by atoms with Gasteiger partial charge in [0.1, 0.15) is 42.4 Å². The Bertz CT molecular complexity index is 1860. The summed E-state index contributed by atoms with van der Waals surface area (Å²) in [6, 6.07) is 2.56. The number of aliphatic hydroxyl groups excluding tert-OH is 3. The van der Waals surface area contributed by atoms with Gasteiger partial charge in [-0.05, 0) is 22.0 Å². The zero-order chi connectivity index (χ0) is 36.1. The molecule has 0 spiro atoms. The summed E-state index contributed by atoms with van der Waals surface area (Å²) in [7, 11) is -16.7. The van der Waals surface area contributed by atoms with Crippen LogP contribution in [0.1, 0.15) is 22.8 Å². The highest BCUT2D eigenvalue weighted by Gasteiger charge is 2.51. The maximum Gasteiger partial charge on any atom is 0.478 e. The maximum atomic E-state index is 12.6. The molecule has 2 saturated heterocycles. The number of nitrogens with two attached hydrogens (primary N) is 1. The Morgan fingerprint density at radius 2 is 1.73 bits per heavy atom. The molecule has 49 heavy (non-hydrogen) atoms. The van der Waals surface area contributed by atoms with Crippen LogP contribution in [0.3, 0.4) is 0 Å². The van der Waals surface area contributed by atoms with Gasteiger partial charge in [-0.2, -0.15) is 4.57 Å². The Kier molecular flexibility index (Phi) is 11.1. The van der Waals surface area contributed by atoms with Crippen LogP contribution in [0, 0.1) is 0 Å². The molecule has 0 radical (unpaired) electrons. The second kappa shape index (κ2) is 14.3. The van der Waals surface area contributed by atoms with Crippen LogP contribution in [0.5, 0.6) is 0 Å². The monoisotopic (exact) mass is 822 g/mol. The second-order valence-electron chi connectivity index (χ2n) is 10.3. The first kappa shape index (κ1) is 37.9. The Hall–Kier alpha value is -2.38. The number of fused-ring (bicyclic) bond motifs is 1. The third-order valence-corrected chi connectivity index (χ3v) is 10.6. The van der Waals surface area contributed by atoms with E-state index in [1.807, 2.05) is 0 Å². The van der Waals surface area contributed by atoms with Gasteiger partial charge in [0.15, 0.2) is 46.4 Å². The number of halogens is 1. The average Bonchev–Trinajstić information content (AvgIpc) is 3.60. The molecule has 3 aromatic heterocycles. The van der Waals surface area contributed by atoms with E-state index in [9.17, 15) is 58.5 Å². The van der Waals surface area contributed by atoms with Crippen LogP contribution in [0.15, 0.2) is 35.6 Å². The van der Waals surface area contributed by atoms with Crippen LogP contribution < -0.4 is 15.2 Å². The molecule has 2 aliphatic heterocycles. The van der Waals surface area contributed by atoms with Crippen LogP contribution in [-0.4, -0.2) is 110 Å². The number of rotatable bonds is 13. The van der Waals surface area contributed by atoms with Crippen molar-refractivity contribution < 1.29 is 90.4 Å². The van der Waals surface area contributed by atoms with Crippen molar-refractivity contribution in [2.24, 2.45) is 0 Å². The van der Waals surface area contributed by atoms with Gasteiger partial charge >= 0.3 is 21.6 Å². The number of phosphoric acid groups is 3. The number of aromatic nitrogens is 5. The summed E-state index contributed by atoms with van der Waals surface area (Å²) >= 11 is 3.11. The van der Waals surface area contributed by atoms with Crippen molar-refractivity contribution in [2.75, 3.05) is 18.9 Å². The van der Waals surface area contributed by atoms with Crippen molar-refractivity contribution in [2.45, 2.75) is 49.1 Å². The number of carboxylic acids is 1. The number of hydrogen-bond donors (Lipinski definition) is 8. The molecule has 2 aliphatic rings. The van der Waals surface area contributed by atoms with Gasteiger partial charge in [0.2, 0.25) is 0 Å². The van der Waals surface area contributed by atoms with Gasteiger partial charge in [0.05, 0.1) is 13.2 Å². The number of carbonyl (C=O) groups is 1. The molecule has 9 N–H and O–H groups in total. The molecule has 270 valence electrons. The fourth-order valence-corrected chi connectivity index (χ4v) is 8.00.